The molecule has 23 heavy (non-hydrogen) atoms. The predicted molar refractivity (Wildman–Crippen MR) is 93.1 cm³/mol. The average molecular weight is 311 g/mol. The third-order valence-electron chi connectivity index (χ3n) is 4.27. The molecule has 0 unspecified atom stereocenters. The van der Waals surface area contributed by atoms with E-state index in [1.807, 2.05) is 18.5 Å². The first-order valence-corrected chi connectivity index (χ1v) is 8.46. The van der Waals surface area contributed by atoms with Crippen LogP contribution in [0.1, 0.15) is 37.3 Å². The zero-order valence-corrected chi connectivity index (χ0v) is 13.7. The van der Waals surface area contributed by atoms with Crippen LogP contribution < -0.4 is 5.32 Å². The fraction of sp³-hybridized carbons (Fsp3) is 0.421. The van der Waals surface area contributed by atoms with Crippen LogP contribution in [0, 0.1) is 0 Å². The maximum atomic E-state index is 6.02. The maximum absolute atomic E-state index is 6.02. The fourth-order valence-electron chi connectivity index (χ4n) is 3.07. The summed E-state index contributed by atoms with van der Waals surface area (Å²) in [5, 5.41) is 3.62. The molecule has 1 aromatic carbocycles. The second-order valence-corrected chi connectivity index (χ2v) is 5.83. The Hall–Kier alpha value is -1.91. The van der Waals surface area contributed by atoms with Crippen molar-refractivity contribution in [2.24, 2.45) is 0 Å². The molecule has 0 aliphatic carbocycles. The summed E-state index contributed by atoms with van der Waals surface area (Å²) in [5.74, 6) is 1.04. The average Bonchev–Trinajstić information content (AvgIpc) is 3.08. The monoisotopic (exact) mass is 311 g/mol. The van der Waals surface area contributed by atoms with Crippen LogP contribution in [0.4, 0.5) is 0 Å². The summed E-state index contributed by atoms with van der Waals surface area (Å²) >= 11 is 0. The van der Waals surface area contributed by atoms with Crippen molar-refractivity contribution in [3.63, 3.8) is 0 Å². The van der Waals surface area contributed by atoms with E-state index in [9.17, 15) is 0 Å². The van der Waals surface area contributed by atoms with E-state index >= 15 is 0 Å². The molecule has 1 aliphatic heterocycles. The molecule has 2 aromatic rings. The molecule has 4 heteroatoms. The van der Waals surface area contributed by atoms with Gasteiger partial charge in [0.15, 0.2) is 0 Å². The highest BCUT2D eigenvalue weighted by Crippen LogP contribution is 2.27. The maximum Gasteiger partial charge on any atom is 0.139 e. The van der Waals surface area contributed by atoms with Crippen LogP contribution in [0.3, 0.4) is 0 Å². The molecule has 0 amide bonds. The van der Waals surface area contributed by atoms with E-state index in [0.29, 0.717) is 6.04 Å². The van der Waals surface area contributed by atoms with Crippen LogP contribution >= 0.6 is 0 Å². The molecular weight excluding hydrogens is 286 g/mol. The number of rotatable bonds is 6. The fourth-order valence-corrected chi connectivity index (χ4v) is 3.07. The minimum Gasteiger partial charge on any atom is -0.369 e. The Morgan fingerprint density at radius 2 is 2.22 bits per heavy atom. The lowest BCUT2D eigenvalue weighted by molar-refractivity contribution is -0.0167. The number of benzene rings is 1. The Morgan fingerprint density at radius 3 is 3.04 bits per heavy atom. The third kappa shape index (κ3) is 4.09. The molecule has 122 valence electrons. The van der Waals surface area contributed by atoms with Gasteiger partial charge in [-0.2, -0.15) is 0 Å². The van der Waals surface area contributed by atoms with Gasteiger partial charge in [-0.05, 0) is 25.3 Å². The minimum atomic E-state index is 0.0452. The van der Waals surface area contributed by atoms with Crippen molar-refractivity contribution in [1.82, 2.24) is 14.9 Å². The van der Waals surface area contributed by atoms with Crippen LogP contribution in [-0.4, -0.2) is 28.7 Å². The van der Waals surface area contributed by atoms with E-state index in [0.717, 1.165) is 38.4 Å². The highest BCUT2D eigenvalue weighted by atomic mass is 16.5. The molecule has 1 aliphatic rings. The summed E-state index contributed by atoms with van der Waals surface area (Å²) in [5.41, 5.74) is 1.23. The van der Waals surface area contributed by atoms with Gasteiger partial charge in [0.25, 0.3) is 0 Å². The SMILES string of the molecule is CCn1ccnc1[C@H]1OCCC[C@@H]1NCC=Cc1ccccc1. The summed E-state index contributed by atoms with van der Waals surface area (Å²) in [6.45, 7) is 4.72. The largest absolute Gasteiger partial charge is 0.369 e. The van der Waals surface area contributed by atoms with Gasteiger partial charge >= 0.3 is 0 Å². The van der Waals surface area contributed by atoms with Crippen LogP contribution in [0.15, 0.2) is 48.8 Å². The summed E-state index contributed by atoms with van der Waals surface area (Å²) in [6.07, 6.45) is 10.5. The van der Waals surface area contributed by atoms with Gasteiger partial charge in [-0.25, -0.2) is 4.98 Å². The number of aryl methyl sites for hydroxylation is 1. The zero-order chi connectivity index (χ0) is 15.9. The molecule has 1 saturated heterocycles. The van der Waals surface area contributed by atoms with E-state index in [2.05, 4.69) is 58.2 Å². The number of hydrogen-bond donors (Lipinski definition) is 1. The third-order valence-corrected chi connectivity index (χ3v) is 4.27. The van der Waals surface area contributed by atoms with Gasteiger partial charge in [-0.3, -0.25) is 0 Å². The van der Waals surface area contributed by atoms with Crippen LogP contribution in [0.5, 0.6) is 0 Å². The number of ether oxygens (including phenoxy) is 1. The Kier molecular flexibility index (Phi) is 5.61. The van der Waals surface area contributed by atoms with Crippen molar-refractivity contribution in [2.75, 3.05) is 13.2 Å². The van der Waals surface area contributed by atoms with Gasteiger partial charge in [0.1, 0.15) is 11.9 Å². The molecule has 3 rings (SSSR count). The van der Waals surface area contributed by atoms with Crippen molar-refractivity contribution < 1.29 is 4.74 Å². The van der Waals surface area contributed by atoms with E-state index in [-0.39, 0.29) is 6.10 Å². The normalized spacial score (nSPS) is 21.8. The summed E-state index contributed by atoms with van der Waals surface area (Å²) < 4.78 is 8.19. The van der Waals surface area contributed by atoms with Crippen molar-refractivity contribution >= 4 is 6.08 Å². The van der Waals surface area contributed by atoms with E-state index in [1.165, 1.54) is 5.56 Å². The van der Waals surface area contributed by atoms with Crippen molar-refractivity contribution in [3.05, 3.63) is 60.2 Å². The lowest BCUT2D eigenvalue weighted by atomic mass is 10.0. The number of aromatic nitrogens is 2. The summed E-state index contributed by atoms with van der Waals surface area (Å²) in [6, 6.07) is 10.7. The summed E-state index contributed by atoms with van der Waals surface area (Å²) in [7, 11) is 0. The van der Waals surface area contributed by atoms with Gasteiger partial charge in [-0.15, -0.1) is 0 Å². The Morgan fingerprint density at radius 1 is 1.35 bits per heavy atom. The number of hydrogen-bond acceptors (Lipinski definition) is 3. The van der Waals surface area contributed by atoms with Gasteiger partial charge in [0.05, 0.1) is 0 Å². The first-order valence-electron chi connectivity index (χ1n) is 8.46. The lowest BCUT2D eigenvalue weighted by Gasteiger charge is -2.32. The second-order valence-electron chi connectivity index (χ2n) is 5.83. The second kappa shape index (κ2) is 8.09. The van der Waals surface area contributed by atoms with Crippen LogP contribution in [0.2, 0.25) is 0 Å². The molecule has 0 spiro atoms. The van der Waals surface area contributed by atoms with Crippen molar-refractivity contribution in [3.8, 4) is 0 Å². The Labute approximate surface area is 138 Å². The van der Waals surface area contributed by atoms with Gasteiger partial charge in [0, 0.05) is 38.1 Å². The van der Waals surface area contributed by atoms with Crippen LogP contribution in [0.25, 0.3) is 6.08 Å². The highest BCUT2D eigenvalue weighted by molar-refractivity contribution is 5.48. The predicted octanol–water partition coefficient (Wildman–Crippen LogP) is 3.43. The molecule has 4 nitrogen and oxygen atoms in total. The highest BCUT2D eigenvalue weighted by Gasteiger charge is 2.29. The molecule has 1 N–H and O–H groups in total. The molecule has 1 fully saturated rings. The smallest absolute Gasteiger partial charge is 0.139 e. The van der Waals surface area contributed by atoms with Gasteiger partial charge in [0.2, 0.25) is 0 Å². The molecule has 2 heterocycles. The first kappa shape index (κ1) is 16.0. The lowest BCUT2D eigenvalue weighted by Crippen LogP contribution is -2.40. The molecule has 0 radical (unpaired) electrons. The van der Waals surface area contributed by atoms with Gasteiger partial charge < -0.3 is 14.6 Å². The number of imidazole rings is 1. The van der Waals surface area contributed by atoms with E-state index in [4.69, 9.17) is 4.74 Å². The van der Waals surface area contributed by atoms with Crippen molar-refractivity contribution in [2.45, 2.75) is 38.5 Å². The van der Waals surface area contributed by atoms with Gasteiger partial charge in [-0.1, -0.05) is 42.5 Å². The zero-order valence-electron chi connectivity index (χ0n) is 13.7. The molecule has 0 saturated carbocycles. The first-order chi connectivity index (χ1) is 11.4. The molecular formula is C19H25N3O. The van der Waals surface area contributed by atoms with E-state index < -0.39 is 0 Å². The van der Waals surface area contributed by atoms with E-state index in [1.54, 1.807) is 0 Å². The summed E-state index contributed by atoms with van der Waals surface area (Å²) in [4.78, 5) is 4.52. The number of nitrogens with one attached hydrogen (secondary N) is 1. The standard InChI is InChI=1S/C19H25N3O/c1-2-22-14-13-21-19(22)18-17(11-7-15-23-18)20-12-6-10-16-8-4-3-5-9-16/h3-6,8-10,13-14,17-18,20H,2,7,11-12,15H2,1H3/t17-,18-/m0/s1. The van der Waals surface area contributed by atoms with Crippen molar-refractivity contribution in [1.29, 1.82) is 0 Å². The minimum absolute atomic E-state index is 0.0452. The quantitative estimate of drug-likeness (QED) is 0.888. The number of nitrogens with zero attached hydrogens (tertiary/aromatic N) is 2. The topological polar surface area (TPSA) is 39.1 Å². The molecule has 0 bridgehead atoms. The molecule has 1 aromatic heterocycles. The molecule has 2 atom stereocenters. The Bertz CT molecular complexity index is 621. The van der Waals surface area contributed by atoms with Crippen LogP contribution in [-0.2, 0) is 11.3 Å². The Balaban J connectivity index is 1.60.